The molecular formula is C17H22N2. The molecule has 2 nitrogen and oxygen atoms in total. The molecule has 100 valence electrons. The van der Waals surface area contributed by atoms with Crippen molar-refractivity contribution < 1.29 is 0 Å². The van der Waals surface area contributed by atoms with Crippen molar-refractivity contribution in [1.29, 1.82) is 0 Å². The highest BCUT2D eigenvalue weighted by atomic mass is 14.9. The van der Waals surface area contributed by atoms with Crippen molar-refractivity contribution in [3.63, 3.8) is 0 Å². The molecule has 0 spiro atoms. The lowest BCUT2D eigenvalue weighted by atomic mass is 10.2. The van der Waals surface area contributed by atoms with Gasteiger partial charge in [0.05, 0.1) is 0 Å². The topological polar surface area (TPSA) is 38.0 Å². The fourth-order valence-electron chi connectivity index (χ4n) is 1.60. The second-order valence-corrected chi connectivity index (χ2v) is 4.36. The van der Waals surface area contributed by atoms with E-state index < -0.39 is 0 Å². The molecule has 0 unspecified atom stereocenters. The van der Waals surface area contributed by atoms with Crippen molar-refractivity contribution in [3.05, 3.63) is 78.2 Å². The minimum atomic E-state index is 0.687. The summed E-state index contributed by atoms with van der Waals surface area (Å²) in [4.78, 5) is 0. The van der Waals surface area contributed by atoms with Crippen molar-refractivity contribution in [2.75, 3.05) is 5.32 Å². The maximum Gasteiger partial charge on any atom is 0.0384 e. The number of nitrogens with two attached hydrogens (primary N) is 1. The molecule has 0 saturated carbocycles. The highest BCUT2D eigenvalue weighted by Gasteiger charge is 1.93. The zero-order chi connectivity index (χ0) is 14.1. The number of anilines is 1. The molecule has 19 heavy (non-hydrogen) atoms. The van der Waals surface area contributed by atoms with Gasteiger partial charge in [-0.2, -0.15) is 0 Å². The van der Waals surface area contributed by atoms with Gasteiger partial charge >= 0.3 is 0 Å². The molecule has 0 atom stereocenters. The zero-order valence-electron chi connectivity index (χ0n) is 11.7. The van der Waals surface area contributed by atoms with Gasteiger partial charge in [0.1, 0.15) is 0 Å². The number of benzene rings is 1. The van der Waals surface area contributed by atoms with E-state index >= 15 is 0 Å². The quantitative estimate of drug-likeness (QED) is 0.740. The number of nitrogens with one attached hydrogen (secondary N) is 1. The van der Waals surface area contributed by atoms with Gasteiger partial charge in [-0.3, -0.25) is 0 Å². The van der Waals surface area contributed by atoms with E-state index in [0.29, 0.717) is 5.70 Å². The van der Waals surface area contributed by atoms with Crippen LogP contribution in [0.5, 0.6) is 0 Å². The highest BCUT2D eigenvalue weighted by Crippen LogP contribution is 2.10. The number of hydrogen-bond donors (Lipinski definition) is 2. The van der Waals surface area contributed by atoms with Crippen molar-refractivity contribution in [2.24, 2.45) is 5.73 Å². The first-order valence-corrected chi connectivity index (χ1v) is 6.44. The van der Waals surface area contributed by atoms with E-state index in [-0.39, 0.29) is 0 Å². The van der Waals surface area contributed by atoms with Crippen LogP contribution >= 0.6 is 0 Å². The molecule has 2 heteroatoms. The van der Waals surface area contributed by atoms with Crippen molar-refractivity contribution in [1.82, 2.24) is 0 Å². The van der Waals surface area contributed by atoms with E-state index in [9.17, 15) is 0 Å². The van der Waals surface area contributed by atoms with Crippen LogP contribution in [0.15, 0.2) is 78.2 Å². The summed E-state index contributed by atoms with van der Waals surface area (Å²) in [5, 5.41) is 3.19. The van der Waals surface area contributed by atoms with Crippen LogP contribution in [-0.4, -0.2) is 0 Å². The molecule has 0 aromatic heterocycles. The molecule has 0 radical (unpaired) electrons. The van der Waals surface area contributed by atoms with Gasteiger partial charge in [-0.1, -0.05) is 43.9 Å². The van der Waals surface area contributed by atoms with E-state index in [1.165, 1.54) is 0 Å². The summed E-state index contributed by atoms with van der Waals surface area (Å²) in [6, 6.07) is 9.90. The fraction of sp³-hybridized carbons (Fsp3) is 0.176. The van der Waals surface area contributed by atoms with Gasteiger partial charge in [0.2, 0.25) is 0 Å². The van der Waals surface area contributed by atoms with Crippen molar-refractivity contribution in [2.45, 2.75) is 20.3 Å². The molecule has 0 saturated heterocycles. The van der Waals surface area contributed by atoms with Gasteiger partial charge in [-0.05, 0) is 43.2 Å². The molecule has 1 aromatic rings. The third kappa shape index (κ3) is 6.32. The summed E-state index contributed by atoms with van der Waals surface area (Å²) in [5.74, 6) is 0. The second-order valence-electron chi connectivity index (χ2n) is 4.36. The Morgan fingerprint density at radius 2 is 1.95 bits per heavy atom. The van der Waals surface area contributed by atoms with E-state index in [4.69, 9.17) is 5.73 Å². The Bertz CT molecular complexity index is 493. The third-order valence-corrected chi connectivity index (χ3v) is 2.43. The molecular weight excluding hydrogens is 232 g/mol. The van der Waals surface area contributed by atoms with Crippen LogP contribution < -0.4 is 11.1 Å². The zero-order valence-corrected chi connectivity index (χ0v) is 11.7. The molecule has 0 aliphatic heterocycles. The fourth-order valence-corrected chi connectivity index (χ4v) is 1.60. The Balaban J connectivity index is 2.63. The van der Waals surface area contributed by atoms with Crippen LogP contribution in [0.3, 0.4) is 0 Å². The minimum Gasteiger partial charge on any atom is -0.399 e. The van der Waals surface area contributed by atoms with Crippen LogP contribution in [0.25, 0.3) is 0 Å². The smallest absolute Gasteiger partial charge is 0.0384 e. The normalized spacial score (nSPS) is 12.7. The molecule has 0 bridgehead atoms. The molecule has 0 fully saturated rings. The minimum absolute atomic E-state index is 0.687. The van der Waals surface area contributed by atoms with Gasteiger partial charge in [0, 0.05) is 17.1 Å². The predicted octanol–water partition coefficient (Wildman–Crippen LogP) is 4.37. The first kappa shape index (κ1) is 14.8. The SMILES string of the molecule is C=C(\C=C(N)/C=C(C)/C=C/CC)Nc1ccccc1. The monoisotopic (exact) mass is 254 g/mol. The Hall–Kier alpha value is -2.22. The summed E-state index contributed by atoms with van der Waals surface area (Å²) in [7, 11) is 0. The van der Waals surface area contributed by atoms with Gasteiger partial charge < -0.3 is 11.1 Å². The Morgan fingerprint density at radius 3 is 2.58 bits per heavy atom. The first-order chi connectivity index (χ1) is 9.11. The Labute approximate surface area is 116 Å². The number of rotatable bonds is 6. The van der Waals surface area contributed by atoms with E-state index in [1.54, 1.807) is 0 Å². The maximum absolute atomic E-state index is 5.95. The maximum atomic E-state index is 5.95. The summed E-state index contributed by atoms with van der Waals surface area (Å²) in [6.07, 6.45) is 8.96. The van der Waals surface area contributed by atoms with Crippen LogP contribution in [0.2, 0.25) is 0 Å². The van der Waals surface area contributed by atoms with Gasteiger partial charge in [-0.15, -0.1) is 0 Å². The summed E-state index contributed by atoms with van der Waals surface area (Å²) in [6.45, 7) is 8.08. The standard InChI is InChI=1S/C17H22N2/c1-4-5-9-14(2)12-16(18)13-15(3)19-17-10-7-6-8-11-17/h5-13,19H,3-4,18H2,1-2H3/b9-5+,14-12+,16-13+. The van der Waals surface area contributed by atoms with Crippen LogP contribution in [-0.2, 0) is 0 Å². The predicted molar refractivity (Wildman–Crippen MR) is 84.7 cm³/mol. The largest absolute Gasteiger partial charge is 0.399 e. The molecule has 0 heterocycles. The molecule has 1 rings (SSSR count). The van der Waals surface area contributed by atoms with Gasteiger partial charge in [0.15, 0.2) is 0 Å². The summed E-state index contributed by atoms with van der Waals surface area (Å²) < 4.78 is 0. The van der Waals surface area contributed by atoms with Gasteiger partial charge in [0.25, 0.3) is 0 Å². The average Bonchev–Trinajstić information content (AvgIpc) is 2.37. The van der Waals surface area contributed by atoms with Crippen LogP contribution in [0.4, 0.5) is 5.69 Å². The lowest BCUT2D eigenvalue weighted by molar-refractivity contribution is 1.21. The van der Waals surface area contributed by atoms with Crippen molar-refractivity contribution in [3.8, 4) is 0 Å². The lowest BCUT2D eigenvalue weighted by Gasteiger charge is -2.06. The lowest BCUT2D eigenvalue weighted by Crippen LogP contribution is -2.00. The van der Waals surface area contributed by atoms with Gasteiger partial charge in [-0.25, -0.2) is 0 Å². The number of para-hydroxylation sites is 1. The van der Waals surface area contributed by atoms with Crippen molar-refractivity contribution >= 4 is 5.69 Å². The van der Waals surface area contributed by atoms with E-state index in [2.05, 4.69) is 31.0 Å². The number of hydrogen-bond acceptors (Lipinski definition) is 2. The highest BCUT2D eigenvalue weighted by molar-refractivity contribution is 5.50. The average molecular weight is 254 g/mol. The first-order valence-electron chi connectivity index (χ1n) is 6.44. The van der Waals surface area contributed by atoms with Crippen LogP contribution in [0.1, 0.15) is 20.3 Å². The molecule has 0 amide bonds. The second kappa shape index (κ2) is 7.98. The Kier molecular flexibility index (Phi) is 6.23. The molecule has 0 aliphatic rings. The summed E-state index contributed by atoms with van der Waals surface area (Å²) in [5.41, 5.74) is 9.54. The molecule has 0 aliphatic carbocycles. The molecule has 3 N–H and O–H groups in total. The summed E-state index contributed by atoms with van der Waals surface area (Å²) >= 11 is 0. The third-order valence-electron chi connectivity index (χ3n) is 2.43. The van der Waals surface area contributed by atoms with Crippen LogP contribution in [0, 0.1) is 0 Å². The number of allylic oxidation sites excluding steroid dienone is 5. The van der Waals surface area contributed by atoms with E-state index in [1.807, 2.05) is 49.4 Å². The molecule has 1 aromatic carbocycles. The van der Waals surface area contributed by atoms with E-state index in [0.717, 1.165) is 23.4 Å². The Morgan fingerprint density at radius 1 is 1.26 bits per heavy atom.